The van der Waals surface area contributed by atoms with E-state index in [0.717, 1.165) is 17.5 Å². The average Bonchev–Trinajstić information content (AvgIpc) is 2.52. The van der Waals surface area contributed by atoms with Crippen LogP contribution in [-0.4, -0.2) is 34.4 Å². The van der Waals surface area contributed by atoms with Crippen LogP contribution in [-0.2, 0) is 11.8 Å². The summed E-state index contributed by atoms with van der Waals surface area (Å²) in [5, 5.41) is 1.02. The van der Waals surface area contributed by atoms with Gasteiger partial charge in [-0.15, -0.1) is 11.6 Å². The van der Waals surface area contributed by atoms with Crippen molar-refractivity contribution in [1.82, 2.24) is 9.55 Å². The van der Waals surface area contributed by atoms with Crippen LogP contribution in [0.25, 0.3) is 0 Å². The van der Waals surface area contributed by atoms with Crippen LogP contribution < -0.4 is 0 Å². The van der Waals surface area contributed by atoms with Crippen LogP contribution in [0.4, 0.5) is 0 Å². The van der Waals surface area contributed by atoms with Gasteiger partial charge in [0.15, 0.2) is 5.16 Å². The number of alkyl halides is 1. The fourth-order valence-electron chi connectivity index (χ4n) is 0.840. The fraction of sp³-hybridized carbons (Fsp3) is 0.625. The molecule has 0 bridgehead atoms. The molecule has 0 aliphatic rings. The number of nitrogens with zero attached hydrogens (tertiary/aromatic N) is 2. The van der Waals surface area contributed by atoms with Crippen molar-refractivity contribution in [1.29, 1.82) is 0 Å². The number of aryl methyl sites for hydroxylation is 1. The van der Waals surface area contributed by atoms with Crippen molar-refractivity contribution in [2.75, 3.05) is 24.8 Å². The van der Waals surface area contributed by atoms with Crippen LogP contribution in [0.5, 0.6) is 0 Å². The van der Waals surface area contributed by atoms with Crippen molar-refractivity contribution in [3.05, 3.63) is 12.4 Å². The van der Waals surface area contributed by atoms with Crippen molar-refractivity contribution in [2.24, 2.45) is 7.05 Å². The van der Waals surface area contributed by atoms with Crippen molar-refractivity contribution in [3.8, 4) is 0 Å². The predicted molar refractivity (Wildman–Crippen MR) is 55.5 cm³/mol. The normalized spacial score (nSPS) is 10.6. The summed E-state index contributed by atoms with van der Waals surface area (Å²) in [5.74, 6) is 1.48. The van der Waals surface area contributed by atoms with E-state index in [1.165, 1.54) is 0 Å². The summed E-state index contributed by atoms with van der Waals surface area (Å²) in [4.78, 5) is 4.18. The number of ether oxygens (including phenoxy) is 1. The Morgan fingerprint density at radius 1 is 1.62 bits per heavy atom. The Labute approximate surface area is 87.4 Å². The zero-order valence-corrected chi connectivity index (χ0v) is 9.14. The van der Waals surface area contributed by atoms with Gasteiger partial charge >= 0.3 is 0 Å². The third kappa shape index (κ3) is 4.02. The summed E-state index contributed by atoms with van der Waals surface area (Å²) in [6, 6.07) is 0. The molecular weight excluding hydrogens is 208 g/mol. The molecule has 0 spiro atoms. The molecule has 13 heavy (non-hydrogen) atoms. The minimum atomic E-state index is 0.563. The maximum absolute atomic E-state index is 5.46. The first-order valence-electron chi connectivity index (χ1n) is 4.08. The largest absolute Gasteiger partial charge is 0.379 e. The maximum atomic E-state index is 5.46. The Balaban J connectivity index is 2.10. The highest BCUT2D eigenvalue weighted by Gasteiger charge is 1.98. The summed E-state index contributed by atoms with van der Waals surface area (Å²) in [5.41, 5.74) is 0. The Bertz CT molecular complexity index is 242. The lowest BCUT2D eigenvalue weighted by molar-refractivity contribution is 0.166. The molecule has 0 amide bonds. The third-order valence-corrected chi connectivity index (χ3v) is 2.63. The Morgan fingerprint density at radius 3 is 3.08 bits per heavy atom. The SMILES string of the molecule is Cn1ccnc1SCCOCCCl. The first kappa shape index (κ1) is 10.9. The molecular formula is C8H13ClN2OS. The minimum absolute atomic E-state index is 0.563. The molecule has 0 radical (unpaired) electrons. The van der Waals surface area contributed by atoms with E-state index < -0.39 is 0 Å². The predicted octanol–water partition coefficient (Wildman–Crippen LogP) is 1.77. The standard InChI is InChI=1S/C8H13ClN2OS/c1-11-4-3-10-8(11)13-7-6-12-5-2-9/h3-4H,2,5-7H2,1H3. The van der Waals surface area contributed by atoms with Gasteiger partial charge in [0, 0.05) is 31.1 Å². The molecule has 0 saturated heterocycles. The molecule has 1 aromatic rings. The molecule has 0 aliphatic carbocycles. The molecule has 0 fully saturated rings. The number of halogens is 1. The monoisotopic (exact) mass is 220 g/mol. The van der Waals surface area contributed by atoms with Gasteiger partial charge in [0.1, 0.15) is 0 Å². The molecule has 1 heterocycles. The van der Waals surface area contributed by atoms with Gasteiger partial charge in [-0.2, -0.15) is 0 Å². The fourth-order valence-corrected chi connectivity index (χ4v) is 1.73. The van der Waals surface area contributed by atoms with Gasteiger partial charge in [-0.3, -0.25) is 0 Å². The van der Waals surface area contributed by atoms with E-state index in [1.807, 2.05) is 17.8 Å². The Morgan fingerprint density at radius 2 is 2.46 bits per heavy atom. The smallest absolute Gasteiger partial charge is 0.167 e. The van der Waals surface area contributed by atoms with Gasteiger partial charge < -0.3 is 9.30 Å². The Kier molecular flexibility index (Phi) is 5.27. The number of rotatable bonds is 6. The molecule has 0 N–H and O–H groups in total. The molecule has 1 rings (SSSR count). The van der Waals surface area contributed by atoms with Gasteiger partial charge in [0.2, 0.25) is 0 Å². The van der Waals surface area contributed by atoms with Gasteiger partial charge in [0.25, 0.3) is 0 Å². The highest BCUT2D eigenvalue weighted by Crippen LogP contribution is 2.13. The molecule has 1 aromatic heterocycles. The zero-order valence-electron chi connectivity index (χ0n) is 7.57. The van der Waals surface area contributed by atoms with Crippen LogP contribution >= 0.6 is 23.4 Å². The van der Waals surface area contributed by atoms with Gasteiger partial charge in [0.05, 0.1) is 13.2 Å². The van der Waals surface area contributed by atoms with Crippen LogP contribution in [0.2, 0.25) is 0 Å². The molecule has 74 valence electrons. The number of imidazole rings is 1. The molecule has 0 saturated carbocycles. The highest BCUT2D eigenvalue weighted by atomic mass is 35.5. The van der Waals surface area contributed by atoms with Gasteiger partial charge in [-0.25, -0.2) is 4.98 Å². The van der Waals surface area contributed by atoms with Gasteiger partial charge in [-0.05, 0) is 0 Å². The summed E-state index contributed by atoms with van der Waals surface area (Å²) < 4.78 is 7.22. The summed E-state index contributed by atoms with van der Waals surface area (Å²) in [6.07, 6.45) is 3.73. The second-order valence-electron chi connectivity index (χ2n) is 2.47. The van der Waals surface area contributed by atoms with Crippen molar-refractivity contribution >= 4 is 23.4 Å². The first-order valence-corrected chi connectivity index (χ1v) is 5.60. The van der Waals surface area contributed by atoms with Crippen LogP contribution in [0.1, 0.15) is 0 Å². The van der Waals surface area contributed by atoms with Crippen molar-refractivity contribution in [3.63, 3.8) is 0 Å². The second kappa shape index (κ2) is 6.29. The molecule has 5 heteroatoms. The summed E-state index contributed by atoms with van der Waals surface area (Å²) >= 11 is 7.14. The number of aromatic nitrogens is 2. The number of hydrogen-bond donors (Lipinski definition) is 0. The first-order chi connectivity index (χ1) is 6.34. The van der Waals surface area contributed by atoms with Crippen molar-refractivity contribution < 1.29 is 4.74 Å². The third-order valence-electron chi connectivity index (χ3n) is 1.46. The molecule has 3 nitrogen and oxygen atoms in total. The lowest BCUT2D eigenvalue weighted by Crippen LogP contribution is -2.01. The maximum Gasteiger partial charge on any atom is 0.167 e. The topological polar surface area (TPSA) is 27.1 Å². The second-order valence-corrected chi connectivity index (χ2v) is 3.91. The van der Waals surface area contributed by atoms with Crippen LogP contribution in [0, 0.1) is 0 Å². The van der Waals surface area contributed by atoms with E-state index in [2.05, 4.69) is 4.98 Å². The quantitative estimate of drug-likeness (QED) is 0.415. The highest BCUT2D eigenvalue weighted by molar-refractivity contribution is 7.99. The molecule has 0 atom stereocenters. The van der Waals surface area contributed by atoms with E-state index in [0.29, 0.717) is 12.5 Å². The summed E-state index contributed by atoms with van der Waals surface area (Å²) in [6.45, 7) is 1.35. The Hall–Kier alpha value is -0.190. The van der Waals surface area contributed by atoms with Crippen molar-refractivity contribution in [2.45, 2.75) is 5.16 Å². The molecule has 0 aromatic carbocycles. The van der Waals surface area contributed by atoms with E-state index >= 15 is 0 Å². The minimum Gasteiger partial charge on any atom is -0.379 e. The number of thioether (sulfide) groups is 1. The van der Waals surface area contributed by atoms with Crippen LogP contribution in [0.3, 0.4) is 0 Å². The van der Waals surface area contributed by atoms with E-state index in [-0.39, 0.29) is 0 Å². The van der Waals surface area contributed by atoms with E-state index in [9.17, 15) is 0 Å². The van der Waals surface area contributed by atoms with E-state index in [1.54, 1.807) is 18.0 Å². The molecule has 0 unspecified atom stereocenters. The van der Waals surface area contributed by atoms with E-state index in [4.69, 9.17) is 16.3 Å². The van der Waals surface area contributed by atoms with Crippen LogP contribution in [0.15, 0.2) is 17.6 Å². The lowest BCUT2D eigenvalue weighted by Gasteiger charge is -2.01. The zero-order chi connectivity index (χ0) is 9.52. The summed E-state index contributed by atoms with van der Waals surface area (Å²) in [7, 11) is 1.98. The molecule has 0 aliphatic heterocycles. The number of hydrogen-bond acceptors (Lipinski definition) is 3. The van der Waals surface area contributed by atoms with Gasteiger partial charge in [-0.1, -0.05) is 11.8 Å². The average molecular weight is 221 g/mol. The lowest BCUT2D eigenvalue weighted by atomic mass is 10.8.